The van der Waals surface area contributed by atoms with Crippen LogP contribution in [0.4, 0.5) is 0 Å². The van der Waals surface area contributed by atoms with Gasteiger partial charge in [0.2, 0.25) is 11.7 Å². The van der Waals surface area contributed by atoms with Crippen LogP contribution < -0.4 is 15.2 Å². The van der Waals surface area contributed by atoms with Crippen LogP contribution in [0.15, 0.2) is 10.6 Å². The lowest BCUT2D eigenvalue weighted by atomic mass is 10.0. The van der Waals surface area contributed by atoms with Gasteiger partial charge in [0.1, 0.15) is 13.2 Å². The average Bonchev–Trinajstić information content (AvgIpc) is 2.96. The second-order valence-electron chi connectivity index (χ2n) is 4.31. The van der Waals surface area contributed by atoms with Crippen LogP contribution in [-0.4, -0.2) is 23.4 Å². The molecule has 20 heavy (non-hydrogen) atoms. The third kappa shape index (κ3) is 2.10. The lowest BCUT2D eigenvalue weighted by Gasteiger charge is -2.22. The molecular formula is C13H14ClN3O3. The molecule has 0 bridgehead atoms. The lowest BCUT2D eigenvalue weighted by molar-refractivity contribution is 0.171. The van der Waals surface area contributed by atoms with E-state index in [0.29, 0.717) is 41.5 Å². The molecule has 0 saturated carbocycles. The molecule has 6 nitrogen and oxygen atoms in total. The molecule has 0 amide bonds. The summed E-state index contributed by atoms with van der Waals surface area (Å²) in [4.78, 5) is 4.24. The number of hydrogen-bond donors (Lipinski definition) is 1. The molecule has 1 aromatic heterocycles. The zero-order valence-electron chi connectivity index (χ0n) is 11.0. The number of rotatable bonds is 3. The third-order valence-corrected chi connectivity index (χ3v) is 3.51. The van der Waals surface area contributed by atoms with Crippen molar-refractivity contribution in [3.8, 4) is 22.9 Å². The Kier molecular flexibility index (Phi) is 3.50. The van der Waals surface area contributed by atoms with Crippen molar-refractivity contribution < 1.29 is 14.0 Å². The maximum atomic E-state index is 6.41. The van der Waals surface area contributed by atoms with E-state index < -0.39 is 0 Å². The standard InChI is InChI=1S/C13H14ClN3O3/c1-2-7-8(13-16-10(6-15)20-17-13)5-9-12(11(7)14)19-4-3-18-9/h5H,2-4,6,15H2,1H3. The van der Waals surface area contributed by atoms with Gasteiger partial charge in [-0.1, -0.05) is 23.7 Å². The molecule has 0 unspecified atom stereocenters. The summed E-state index contributed by atoms with van der Waals surface area (Å²) in [6.07, 6.45) is 0.720. The number of aromatic nitrogens is 2. The predicted molar refractivity (Wildman–Crippen MR) is 73.0 cm³/mol. The number of benzene rings is 1. The smallest absolute Gasteiger partial charge is 0.240 e. The molecule has 2 heterocycles. The first-order valence-electron chi connectivity index (χ1n) is 6.38. The van der Waals surface area contributed by atoms with E-state index in [4.69, 9.17) is 31.3 Å². The number of hydrogen-bond acceptors (Lipinski definition) is 6. The molecule has 0 fully saturated rings. The van der Waals surface area contributed by atoms with E-state index in [0.717, 1.165) is 17.5 Å². The van der Waals surface area contributed by atoms with Crippen LogP contribution in [0.2, 0.25) is 5.02 Å². The van der Waals surface area contributed by atoms with Crippen molar-refractivity contribution >= 4 is 11.6 Å². The minimum absolute atomic E-state index is 0.201. The van der Waals surface area contributed by atoms with Gasteiger partial charge in [-0.3, -0.25) is 0 Å². The van der Waals surface area contributed by atoms with Gasteiger partial charge in [0, 0.05) is 5.56 Å². The average molecular weight is 296 g/mol. The number of fused-ring (bicyclic) bond motifs is 1. The van der Waals surface area contributed by atoms with Crippen LogP contribution >= 0.6 is 11.6 Å². The summed E-state index contributed by atoms with van der Waals surface area (Å²) in [6, 6.07) is 1.84. The van der Waals surface area contributed by atoms with E-state index in [-0.39, 0.29) is 6.54 Å². The summed E-state index contributed by atoms with van der Waals surface area (Å²) in [5.74, 6) is 2.03. The molecular weight excluding hydrogens is 282 g/mol. The van der Waals surface area contributed by atoms with Gasteiger partial charge in [-0.25, -0.2) is 0 Å². The normalized spacial score (nSPS) is 13.6. The summed E-state index contributed by atoms with van der Waals surface area (Å²) in [5.41, 5.74) is 7.17. The van der Waals surface area contributed by atoms with Crippen molar-refractivity contribution in [1.82, 2.24) is 10.1 Å². The molecule has 0 radical (unpaired) electrons. The Morgan fingerprint density at radius 1 is 1.35 bits per heavy atom. The Bertz CT molecular complexity index is 642. The van der Waals surface area contributed by atoms with Gasteiger partial charge in [-0.2, -0.15) is 4.98 Å². The molecule has 3 rings (SSSR count). The van der Waals surface area contributed by atoms with Gasteiger partial charge in [0.15, 0.2) is 11.5 Å². The van der Waals surface area contributed by atoms with E-state index in [1.54, 1.807) is 0 Å². The minimum atomic E-state index is 0.201. The largest absolute Gasteiger partial charge is 0.486 e. The van der Waals surface area contributed by atoms with Crippen LogP contribution in [0.25, 0.3) is 11.4 Å². The fourth-order valence-corrected chi connectivity index (χ4v) is 2.56. The van der Waals surface area contributed by atoms with Gasteiger partial charge in [-0.05, 0) is 18.1 Å². The summed E-state index contributed by atoms with van der Waals surface area (Å²) >= 11 is 6.41. The molecule has 7 heteroatoms. The molecule has 1 aliphatic rings. The van der Waals surface area contributed by atoms with Crippen molar-refractivity contribution in [1.29, 1.82) is 0 Å². The lowest BCUT2D eigenvalue weighted by Crippen LogP contribution is -2.16. The third-order valence-electron chi connectivity index (χ3n) is 3.11. The maximum absolute atomic E-state index is 6.41. The zero-order chi connectivity index (χ0) is 14.1. The molecule has 0 aliphatic carbocycles. The second-order valence-corrected chi connectivity index (χ2v) is 4.69. The van der Waals surface area contributed by atoms with Crippen LogP contribution in [0, 0.1) is 0 Å². The summed E-state index contributed by atoms with van der Waals surface area (Å²) in [6.45, 7) is 3.20. The Balaban J connectivity index is 2.16. The minimum Gasteiger partial charge on any atom is -0.486 e. The van der Waals surface area contributed by atoms with Gasteiger partial charge in [0.25, 0.3) is 0 Å². The van der Waals surface area contributed by atoms with Gasteiger partial charge < -0.3 is 19.7 Å². The molecule has 1 aliphatic heterocycles. The zero-order valence-corrected chi connectivity index (χ0v) is 11.7. The van der Waals surface area contributed by atoms with Crippen LogP contribution in [0.5, 0.6) is 11.5 Å². The van der Waals surface area contributed by atoms with Crippen molar-refractivity contribution in [2.75, 3.05) is 13.2 Å². The number of nitrogens with zero attached hydrogens (tertiary/aromatic N) is 2. The van der Waals surface area contributed by atoms with Crippen LogP contribution in [0.1, 0.15) is 18.4 Å². The second kappa shape index (κ2) is 5.30. The molecule has 0 atom stereocenters. The van der Waals surface area contributed by atoms with Gasteiger partial charge in [0.05, 0.1) is 11.6 Å². The fraction of sp³-hybridized carbons (Fsp3) is 0.385. The molecule has 0 saturated heterocycles. The highest BCUT2D eigenvalue weighted by molar-refractivity contribution is 6.33. The summed E-state index contributed by atoms with van der Waals surface area (Å²) < 4.78 is 16.2. The molecule has 2 N–H and O–H groups in total. The quantitative estimate of drug-likeness (QED) is 0.934. The maximum Gasteiger partial charge on any atom is 0.240 e. The molecule has 0 spiro atoms. The van der Waals surface area contributed by atoms with E-state index in [1.165, 1.54) is 0 Å². The van der Waals surface area contributed by atoms with Gasteiger partial charge >= 0.3 is 0 Å². The Morgan fingerprint density at radius 2 is 2.15 bits per heavy atom. The summed E-state index contributed by atoms with van der Waals surface area (Å²) in [5, 5.41) is 4.48. The fourth-order valence-electron chi connectivity index (χ4n) is 2.18. The Hall–Kier alpha value is -1.79. The van der Waals surface area contributed by atoms with Crippen LogP contribution in [0.3, 0.4) is 0 Å². The SMILES string of the molecule is CCc1c(-c2noc(CN)n2)cc2c(c1Cl)OCCO2. The van der Waals surface area contributed by atoms with Crippen molar-refractivity contribution in [3.05, 3.63) is 22.5 Å². The first-order valence-corrected chi connectivity index (χ1v) is 6.76. The Labute approximate surface area is 120 Å². The number of nitrogens with two attached hydrogens (primary N) is 1. The topological polar surface area (TPSA) is 83.4 Å². The van der Waals surface area contributed by atoms with E-state index in [9.17, 15) is 0 Å². The van der Waals surface area contributed by atoms with E-state index >= 15 is 0 Å². The Morgan fingerprint density at radius 3 is 2.85 bits per heavy atom. The van der Waals surface area contributed by atoms with Crippen molar-refractivity contribution in [2.24, 2.45) is 5.73 Å². The van der Waals surface area contributed by atoms with Crippen molar-refractivity contribution in [2.45, 2.75) is 19.9 Å². The van der Waals surface area contributed by atoms with E-state index in [1.807, 2.05) is 13.0 Å². The highest BCUT2D eigenvalue weighted by atomic mass is 35.5. The highest BCUT2D eigenvalue weighted by Gasteiger charge is 2.23. The number of halogens is 1. The molecule has 106 valence electrons. The van der Waals surface area contributed by atoms with Crippen LogP contribution in [-0.2, 0) is 13.0 Å². The highest BCUT2D eigenvalue weighted by Crippen LogP contribution is 2.44. The molecule has 2 aromatic rings. The summed E-state index contributed by atoms with van der Waals surface area (Å²) in [7, 11) is 0. The first kappa shape index (κ1) is 13.2. The number of ether oxygens (including phenoxy) is 2. The predicted octanol–water partition coefficient (Wildman–Crippen LogP) is 2.18. The van der Waals surface area contributed by atoms with E-state index in [2.05, 4.69) is 10.1 Å². The van der Waals surface area contributed by atoms with Gasteiger partial charge in [-0.15, -0.1) is 0 Å². The first-order chi connectivity index (χ1) is 9.74. The van der Waals surface area contributed by atoms with Crippen molar-refractivity contribution in [3.63, 3.8) is 0 Å². The monoisotopic (exact) mass is 295 g/mol. The molecule has 1 aromatic carbocycles.